The first-order chi connectivity index (χ1) is 8.33. The van der Waals surface area contributed by atoms with Crippen LogP contribution in [0.15, 0.2) is 24.5 Å². The van der Waals surface area contributed by atoms with Crippen LogP contribution in [0.5, 0.6) is 0 Å². The molecule has 0 aromatic carbocycles. The molecule has 1 atom stereocenters. The second kappa shape index (κ2) is 4.67. The molecule has 0 aliphatic carbocycles. The molecule has 4 heteroatoms. The van der Waals surface area contributed by atoms with Crippen molar-refractivity contribution in [3.05, 3.63) is 29.5 Å². The maximum atomic E-state index is 5.94. The molecule has 3 nitrogen and oxygen atoms in total. The van der Waals surface area contributed by atoms with Crippen molar-refractivity contribution in [2.24, 2.45) is 5.92 Å². The minimum absolute atomic E-state index is 0.703. The molecule has 1 N–H and O–H groups in total. The first-order valence-electron chi connectivity index (χ1n) is 6.14. The molecule has 0 radical (unpaired) electrons. The Bertz CT molecular complexity index is 514. The maximum absolute atomic E-state index is 5.94. The third-order valence-corrected chi connectivity index (χ3v) is 3.63. The highest BCUT2D eigenvalue weighted by atomic mass is 35.5. The summed E-state index contributed by atoms with van der Waals surface area (Å²) < 4.78 is 2.24. The second-order valence-corrected chi connectivity index (χ2v) is 5.18. The number of hydrogen-bond acceptors (Lipinski definition) is 2. The fourth-order valence-corrected chi connectivity index (χ4v) is 2.72. The first-order valence-corrected chi connectivity index (χ1v) is 6.52. The highest BCUT2D eigenvalue weighted by Crippen LogP contribution is 2.20. The van der Waals surface area contributed by atoms with Crippen LogP contribution in [0.1, 0.15) is 12.8 Å². The van der Waals surface area contributed by atoms with E-state index in [0.717, 1.165) is 36.6 Å². The van der Waals surface area contributed by atoms with Crippen molar-refractivity contribution in [3.8, 4) is 0 Å². The van der Waals surface area contributed by atoms with Gasteiger partial charge in [-0.15, -0.1) is 0 Å². The van der Waals surface area contributed by atoms with Crippen LogP contribution in [-0.4, -0.2) is 22.6 Å². The van der Waals surface area contributed by atoms with Gasteiger partial charge in [-0.05, 0) is 44.0 Å². The van der Waals surface area contributed by atoms with Crippen LogP contribution in [0.2, 0.25) is 5.02 Å². The van der Waals surface area contributed by atoms with Crippen LogP contribution in [0, 0.1) is 5.92 Å². The molecule has 0 amide bonds. The average Bonchev–Trinajstić information content (AvgIpc) is 2.73. The summed E-state index contributed by atoms with van der Waals surface area (Å²) in [6, 6.07) is 4.06. The largest absolute Gasteiger partial charge is 0.332 e. The number of piperidine rings is 1. The molecule has 1 saturated heterocycles. The van der Waals surface area contributed by atoms with E-state index in [1.807, 2.05) is 6.07 Å². The van der Waals surface area contributed by atoms with E-state index in [-0.39, 0.29) is 0 Å². The van der Waals surface area contributed by atoms with E-state index in [1.54, 1.807) is 6.20 Å². The summed E-state index contributed by atoms with van der Waals surface area (Å²) in [4.78, 5) is 4.42. The van der Waals surface area contributed by atoms with Crippen molar-refractivity contribution in [1.82, 2.24) is 14.9 Å². The summed E-state index contributed by atoms with van der Waals surface area (Å²) in [5.41, 5.74) is 1.04. The Hall–Kier alpha value is -1.06. The molecule has 1 aliphatic heterocycles. The van der Waals surface area contributed by atoms with Crippen molar-refractivity contribution in [2.75, 3.05) is 13.1 Å². The van der Waals surface area contributed by atoms with Crippen LogP contribution < -0.4 is 5.32 Å². The number of nitrogens with one attached hydrogen (secondary N) is 1. The lowest BCUT2D eigenvalue weighted by Gasteiger charge is -2.23. The number of fused-ring (bicyclic) bond motifs is 1. The van der Waals surface area contributed by atoms with Crippen molar-refractivity contribution in [1.29, 1.82) is 0 Å². The van der Waals surface area contributed by atoms with E-state index in [2.05, 4.69) is 27.1 Å². The van der Waals surface area contributed by atoms with E-state index in [0.29, 0.717) is 5.02 Å². The number of hydrogen-bond donors (Lipinski definition) is 1. The second-order valence-electron chi connectivity index (χ2n) is 4.75. The number of rotatable bonds is 2. The van der Waals surface area contributed by atoms with Crippen molar-refractivity contribution in [3.63, 3.8) is 0 Å². The molecular weight excluding hydrogens is 234 g/mol. The molecule has 3 heterocycles. The smallest absolute Gasteiger partial charge is 0.139 e. The summed E-state index contributed by atoms with van der Waals surface area (Å²) in [6.07, 6.45) is 6.42. The van der Waals surface area contributed by atoms with E-state index >= 15 is 0 Å². The Morgan fingerprint density at radius 2 is 2.47 bits per heavy atom. The molecule has 1 unspecified atom stereocenters. The van der Waals surface area contributed by atoms with Gasteiger partial charge in [0.2, 0.25) is 0 Å². The average molecular weight is 250 g/mol. The van der Waals surface area contributed by atoms with E-state index in [4.69, 9.17) is 11.6 Å². The summed E-state index contributed by atoms with van der Waals surface area (Å²) in [7, 11) is 0. The summed E-state index contributed by atoms with van der Waals surface area (Å²) in [6.45, 7) is 3.33. The topological polar surface area (TPSA) is 29.9 Å². The lowest BCUT2D eigenvalue weighted by molar-refractivity contribution is 0.340. The molecule has 1 fully saturated rings. The minimum atomic E-state index is 0.703. The van der Waals surface area contributed by atoms with Crippen molar-refractivity contribution in [2.45, 2.75) is 19.4 Å². The lowest BCUT2D eigenvalue weighted by atomic mass is 10.00. The van der Waals surface area contributed by atoms with Gasteiger partial charge in [0.1, 0.15) is 5.65 Å². The van der Waals surface area contributed by atoms with Crippen LogP contribution in [0.4, 0.5) is 0 Å². The zero-order chi connectivity index (χ0) is 11.7. The number of pyridine rings is 1. The molecule has 0 spiro atoms. The fraction of sp³-hybridized carbons (Fsp3) is 0.462. The van der Waals surface area contributed by atoms with Crippen LogP contribution >= 0.6 is 11.6 Å². The Balaban J connectivity index is 1.84. The summed E-state index contributed by atoms with van der Waals surface area (Å²) in [5, 5.41) is 5.28. The molecule has 17 heavy (non-hydrogen) atoms. The van der Waals surface area contributed by atoms with Gasteiger partial charge in [0.05, 0.1) is 5.02 Å². The normalized spacial score (nSPS) is 20.9. The fourth-order valence-electron chi connectivity index (χ4n) is 2.56. The van der Waals surface area contributed by atoms with Crippen molar-refractivity contribution < 1.29 is 0 Å². The van der Waals surface area contributed by atoms with Crippen LogP contribution in [0.3, 0.4) is 0 Å². The van der Waals surface area contributed by atoms with Gasteiger partial charge in [-0.3, -0.25) is 0 Å². The predicted molar refractivity (Wildman–Crippen MR) is 70.3 cm³/mol. The molecule has 0 saturated carbocycles. The SMILES string of the molecule is Clc1cnc2c(ccn2CC2CCCNC2)c1. The standard InChI is InChI=1S/C13H16ClN3/c14-12-6-11-3-5-17(13(11)16-8-12)9-10-2-1-4-15-7-10/h3,5-6,8,10,15H,1-2,4,7,9H2. The minimum Gasteiger partial charge on any atom is -0.332 e. The van der Waals surface area contributed by atoms with E-state index in [1.165, 1.54) is 12.8 Å². The number of nitrogens with zero attached hydrogens (tertiary/aromatic N) is 2. The van der Waals surface area contributed by atoms with Gasteiger partial charge in [-0.1, -0.05) is 11.6 Å². The zero-order valence-corrected chi connectivity index (χ0v) is 10.5. The van der Waals surface area contributed by atoms with Crippen LogP contribution in [0.25, 0.3) is 11.0 Å². The van der Waals surface area contributed by atoms with E-state index < -0.39 is 0 Å². The monoisotopic (exact) mass is 249 g/mol. The quantitative estimate of drug-likeness (QED) is 0.887. The lowest BCUT2D eigenvalue weighted by Crippen LogP contribution is -2.32. The van der Waals surface area contributed by atoms with Gasteiger partial charge < -0.3 is 9.88 Å². The van der Waals surface area contributed by atoms with E-state index in [9.17, 15) is 0 Å². The maximum Gasteiger partial charge on any atom is 0.139 e. The first kappa shape index (κ1) is 11.1. The predicted octanol–water partition coefficient (Wildman–Crippen LogP) is 2.69. The summed E-state index contributed by atoms with van der Waals surface area (Å²) in [5.74, 6) is 0.719. The van der Waals surface area contributed by atoms with Gasteiger partial charge in [0.15, 0.2) is 0 Å². The molecule has 0 bridgehead atoms. The van der Waals surface area contributed by atoms with Crippen LogP contribution in [-0.2, 0) is 6.54 Å². The summed E-state index contributed by atoms with van der Waals surface area (Å²) >= 11 is 5.94. The molecule has 2 aromatic heterocycles. The molecule has 90 valence electrons. The number of aromatic nitrogens is 2. The molecule has 2 aromatic rings. The van der Waals surface area contributed by atoms with Gasteiger partial charge >= 0.3 is 0 Å². The van der Waals surface area contributed by atoms with Gasteiger partial charge in [-0.25, -0.2) is 4.98 Å². The number of halogens is 1. The Kier molecular flexibility index (Phi) is 3.04. The third-order valence-electron chi connectivity index (χ3n) is 3.42. The highest BCUT2D eigenvalue weighted by molar-refractivity contribution is 6.31. The van der Waals surface area contributed by atoms with Crippen molar-refractivity contribution >= 4 is 22.6 Å². The zero-order valence-electron chi connectivity index (χ0n) is 9.69. The third kappa shape index (κ3) is 2.31. The van der Waals surface area contributed by atoms with Gasteiger partial charge in [-0.2, -0.15) is 0 Å². The Morgan fingerprint density at radius 1 is 1.53 bits per heavy atom. The highest BCUT2D eigenvalue weighted by Gasteiger charge is 2.14. The molecule has 3 rings (SSSR count). The Morgan fingerprint density at radius 3 is 3.29 bits per heavy atom. The molecule has 1 aliphatic rings. The van der Waals surface area contributed by atoms with Gasteiger partial charge in [0.25, 0.3) is 0 Å². The molecular formula is C13H16ClN3. The van der Waals surface area contributed by atoms with Gasteiger partial charge in [0, 0.05) is 24.3 Å². The Labute approximate surface area is 106 Å².